The van der Waals surface area contributed by atoms with Gasteiger partial charge in [-0.1, -0.05) is 26.2 Å². The summed E-state index contributed by atoms with van der Waals surface area (Å²) in [6, 6.07) is 0. The van der Waals surface area contributed by atoms with Gasteiger partial charge >= 0.3 is 0 Å². The zero-order valence-corrected chi connectivity index (χ0v) is 8.96. The molecular formula is C10H24O3. The largest absolute Gasteiger partial charge is 0.396 e. The van der Waals surface area contributed by atoms with Crippen molar-refractivity contribution in [3.05, 3.63) is 0 Å². The molecule has 2 N–H and O–H groups in total. The van der Waals surface area contributed by atoms with E-state index in [2.05, 4.69) is 6.92 Å². The Hall–Kier alpha value is -0.120. The Morgan fingerprint density at radius 2 is 1.62 bits per heavy atom. The van der Waals surface area contributed by atoms with Crippen molar-refractivity contribution < 1.29 is 14.9 Å². The van der Waals surface area contributed by atoms with Crippen molar-refractivity contribution in [1.82, 2.24) is 0 Å². The molecule has 0 spiro atoms. The number of hydrogen-bond donors (Lipinski definition) is 2. The van der Waals surface area contributed by atoms with Gasteiger partial charge in [0, 0.05) is 13.2 Å². The molecule has 82 valence electrons. The fourth-order valence-corrected chi connectivity index (χ4v) is 0.747. The molecule has 0 amide bonds. The molecule has 0 radical (unpaired) electrons. The normalized spacial score (nSPS) is 9.23. The van der Waals surface area contributed by atoms with Crippen molar-refractivity contribution in [3.63, 3.8) is 0 Å². The van der Waals surface area contributed by atoms with Gasteiger partial charge in [0.25, 0.3) is 0 Å². The van der Waals surface area contributed by atoms with Crippen molar-refractivity contribution >= 4 is 0 Å². The lowest BCUT2D eigenvalue weighted by Gasteiger charge is -1.91. The summed E-state index contributed by atoms with van der Waals surface area (Å²) in [5, 5.41) is 16.4. The lowest BCUT2D eigenvalue weighted by atomic mass is 10.2. The van der Waals surface area contributed by atoms with Gasteiger partial charge in [-0.25, -0.2) is 0 Å². The molecule has 0 aliphatic rings. The number of aliphatic hydroxyl groups excluding tert-OH is 2. The van der Waals surface area contributed by atoms with E-state index in [1.807, 2.05) is 6.92 Å². The highest BCUT2D eigenvalue weighted by Crippen LogP contribution is 1.95. The molecule has 0 fully saturated rings. The molecule has 0 unspecified atom stereocenters. The van der Waals surface area contributed by atoms with Crippen molar-refractivity contribution in [2.24, 2.45) is 0 Å². The second-order valence-corrected chi connectivity index (χ2v) is 2.70. The second kappa shape index (κ2) is 17.8. The zero-order chi connectivity index (χ0) is 10.4. The van der Waals surface area contributed by atoms with E-state index < -0.39 is 0 Å². The van der Waals surface area contributed by atoms with E-state index in [0.717, 1.165) is 6.42 Å². The molecule has 0 heterocycles. The van der Waals surface area contributed by atoms with Gasteiger partial charge < -0.3 is 14.9 Å². The molecule has 0 bridgehead atoms. The molecule has 3 heteroatoms. The highest BCUT2D eigenvalue weighted by molar-refractivity contribution is 4.35. The van der Waals surface area contributed by atoms with Gasteiger partial charge in [-0.2, -0.15) is 0 Å². The van der Waals surface area contributed by atoms with E-state index in [1.165, 1.54) is 19.3 Å². The van der Waals surface area contributed by atoms with Crippen LogP contribution in [-0.4, -0.2) is 36.6 Å². The molecular weight excluding hydrogens is 168 g/mol. The van der Waals surface area contributed by atoms with Crippen LogP contribution in [0.1, 0.15) is 39.5 Å². The molecule has 0 aromatic carbocycles. The van der Waals surface area contributed by atoms with Crippen molar-refractivity contribution in [2.45, 2.75) is 39.5 Å². The monoisotopic (exact) mass is 192 g/mol. The van der Waals surface area contributed by atoms with Gasteiger partial charge in [-0.15, -0.1) is 0 Å². The lowest BCUT2D eigenvalue weighted by Crippen LogP contribution is -1.96. The number of unbranched alkanes of at least 4 members (excludes halogenated alkanes) is 3. The molecule has 0 rings (SSSR count). The summed E-state index contributed by atoms with van der Waals surface area (Å²) >= 11 is 0. The van der Waals surface area contributed by atoms with Crippen molar-refractivity contribution in [2.75, 3.05) is 26.4 Å². The highest BCUT2D eigenvalue weighted by Gasteiger charge is 1.80. The Bertz CT molecular complexity index is 59.2. The maximum atomic E-state index is 8.29. The summed E-state index contributed by atoms with van der Waals surface area (Å²) in [6.45, 7) is 5.72. The summed E-state index contributed by atoms with van der Waals surface area (Å²) in [4.78, 5) is 0. The molecule has 0 aromatic heterocycles. The third-order valence-corrected chi connectivity index (χ3v) is 1.45. The van der Waals surface area contributed by atoms with E-state index in [9.17, 15) is 0 Å². The van der Waals surface area contributed by atoms with Gasteiger partial charge in [0.2, 0.25) is 0 Å². The Labute approximate surface area is 81.7 Å². The van der Waals surface area contributed by atoms with E-state index in [0.29, 0.717) is 19.8 Å². The molecule has 0 atom stereocenters. The molecule has 0 aliphatic carbocycles. The van der Waals surface area contributed by atoms with E-state index >= 15 is 0 Å². The van der Waals surface area contributed by atoms with Gasteiger partial charge in [0.1, 0.15) is 0 Å². The molecule has 0 aliphatic heterocycles. The Morgan fingerprint density at radius 3 is 1.92 bits per heavy atom. The van der Waals surface area contributed by atoms with Crippen LogP contribution in [0, 0.1) is 0 Å². The van der Waals surface area contributed by atoms with Crippen LogP contribution in [0.5, 0.6) is 0 Å². The van der Waals surface area contributed by atoms with Crippen LogP contribution in [-0.2, 0) is 4.74 Å². The predicted molar refractivity (Wildman–Crippen MR) is 54.8 cm³/mol. The SMILES string of the molecule is CCCCCCO.CCOCCO. The smallest absolute Gasteiger partial charge is 0.0697 e. The first-order chi connectivity index (χ1) is 6.33. The fraction of sp³-hybridized carbons (Fsp3) is 1.00. The standard InChI is InChI=1S/C6H14O.C4H10O2/c1-2-3-4-5-6-7;1-2-6-4-3-5/h7H,2-6H2,1H3;5H,2-4H2,1H3. The highest BCUT2D eigenvalue weighted by atomic mass is 16.5. The first kappa shape index (κ1) is 15.4. The number of ether oxygens (including phenoxy) is 1. The Balaban J connectivity index is 0. The van der Waals surface area contributed by atoms with Crippen molar-refractivity contribution in [3.8, 4) is 0 Å². The Kier molecular flexibility index (Phi) is 21.1. The van der Waals surface area contributed by atoms with Crippen LogP contribution in [0.3, 0.4) is 0 Å². The average Bonchev–Trinajstić information content (AvgIpc) is 2.17. The number of hydrogen-bond acceptors (Lipinski definition) is 3. The summed E-state index contributed by atoms with van der Waals surface area (Å²) in [6.07, 6.45) is 4.68. The van der Waals surface area contributed by atoms with Crippen molar-refractivity contribution in [1.29, 1.82) is 0 Å². The van der Waals surface area contributed by atoms with Crippen LogP contribution < -0.4 is 0 Å². The first-order valence-corrected chi connectivity index (χ1v) is 5.12. The van der Waals surface area contributed by atoms with Gasteiger partial charge in [0.05, 0.1) is 13.2 Å². The van der Waals surface area contributed by atoms with Gasteiger partial charge in [-0.3, -0.25) is 0 Å². The number of aliphatic hydroxyl groups is 2. The summed E-state index contributed by atoms with van der Waals surface area (Å²) < 4.78 is 4.73. The third kappa shape index (κ3) is 24.5. The van der Waals surface area contributed by atoms with E-state index in [1.54, 1.807) is 0 Å². The second-order valence-electron chi connectivity index (χ2n) is 2.70. The topological polar surface area (TPSA) is 49.7 Å². The molecule has 0 saturated carbocycles. The van der Waals surface area contributed by atoms with Crippen LogP contribution in [0.2, 0.25) is 0 Å². The van der Waals surface area contributed by atoms with E-state index in [-0.39, 0.29) is 6.61 Å². The summed E-state index contributed by atoms with van der Waals surface area (Å²) in [7, 11) is 0. The minimum absolute atomic E-state index is 0.133. The van der Waals surface area contributed by atoms with Crippen LogP contribution >= 0.6 is 0 Å². The zero-order valence-electron chi connectivity index (χ0n) is 8.96. The van der Waals surface area contributed by atoms with Gasteiger partial charge in [0.15, 0.2) is 0 Å². The minimum Gasteiger partial charge on any atom is -0.396 e. The predicted octanol–water partition coefficient (Wildman–Crippen LogP) is 1.57. The van der Waals surface area contributed by atoms with Crippen LogP contribution in [0.15, 0.2) is 0 Å². The minimum atomic E-state index is 0.133. The third-order valence-electron chi connectivity index (χ3n) is 1.45. The summed E-state index contributed by atoms with van der Waals surface area (Å²) in [5.74, 6) is 0. The van der Waals surface area contributed by atoms with Crippen LogP contribution in [0.25, 0.3) is 0 Å². The quantitative estimate of drug-likeness (QED) is 0.602. The van der Waals surface area contributed by atoms with E-state index in [4.69, 9.17) is 14.9 Å². The van der Waals surface area contributed by atoms with Crippen LogP contribution in [0.4, 0.5) is 0 Å². The molecule has 0 saturated heterocycles. The molecule has 0 aromatic rings. The fourth-order valence-electron chi connectivity index (χ4n) is 0.747. The summed E-state index contributed by atoms with van der Waals surface area (Å²) in [5.41, 5.74) is 0. The first-order valence-electron chi connectivity index (χ1n) is 5.12. The number of rotatable bonds is 7. The molecule has 3 nitrogen and oxygen atoms in total. The average molecular weight is 192 g/mol. The molecule has 13 heavy (non-hydrogen) atoms. The maximum absolute atomic E-state index is 8.29. The Morgan fingerprint density at radius 1 is 0.923 bits per heavy atom. The lowest BCUT2D eigenvalue weighted by molar-refractivity contribution is 0.102. The van der Waals surface area contributed by atoms with Gasteiger partial charge in [-0.05, 0) is 13.3 Å². The maximum Gasteiger partial charge on any atom is 0.0697 e.